The van der Waals surface area contributed by atoms with Crippen LogP contribution in [0.2, 0.25) is 0 Å². The van der Waals surface area contributed by atoms with E-state index in [4.69, 9.17) is 0 Å². The van der Waals surface area contributed by atoms with Gasteiger partial charge in [-0.05, 0) is 83.0 Å². The molecule has 28 heavy (non-hydrogen) atoms. The molecule has 0 aliphatic carbocycles. The predicted octanol–water partition coefficient (Wildman–Crippen LogP) is 3.71. The Morgan fingerprint density at radius 1 is 1.11 bits per heavy atom. The van der Waals surface area contributed by atoms with Gasteiger partial charge >= 0.3 is 0 Å². The van der Waals surface area contributed by atoms with E-state index in [1.807, 2.05) is 13.8 Å². The number of piperidine rings is 2. The highest BCUT2D eigenvalue weighted by Crippen LogP contribution is 2.24. The Morgan fingerprint density at radius 2 is 1.82 bits per heavy atom. The highest BCUT2D eigenvalue weighted by Gasteiger charge is 2.27. The fourth-order valence-electron chi connectivity index (χ4n) is 5.08. The lowest BCUT2D eigenvalue weighted by Gasteiger charge is -2.37. The Balaban J connectivity index is 1.60. The zero-order valence-electron chi connectivity index (χ0n) is 18.1. The summed E-state index contributed by atoms with van der Waals surface area (Å²) in [6.45, 7) is 13.9. The number of rotatable bonds is 7. The van der Waals surface area contributed by atoms with Crippen LogP contribution in [0.15, 0.2) is 0 Å². The predicted molar refractivity (Wildman–Crippen MR) is 113 cm³/mol. The number of carbonyl (C=O) groups excluding carboxylic acids is 2. The molecule has 2 aliphatic heterocycles. The van der Waals surface area contributed by atoms with Gasteiger partial charge in [-0.2, -0.15) is 0 Å². The van der Waals surface area contributed by atoms with Crippen LogP contribution in [-0.4, -0.2) is 65.6 Å². The SMILES string of the molecule is CCc1c(C(=O)CN2CCCC(CN3CCC(C)CC3)C2)[nH]c(C)c1C(C)=O. The molecule has 3 rings (SSSR count). The number of aryl methyl sites for hydroxylation is 1. The first kappa shape index (κ1) is 21.3. The number of aromatic nitrogens is 1. The molecule has 1 unspecified atom stereocenters. The van der Waals surface area contributed by atoms with Gasteiger partial charge in [-0.25, -0.2) is 0 Å². The fraction of sp³-hybridized carbons (Fsp3) is 0.739. The number of ketones is 2. The number of nitrogens with one attached hydrogen (secondary N) is 1. The number of H-pyrrole nitrogens is 1. The van der Waals surface area contributed by atoms with Gasteiger partial charge in [0.1, 0.15) is 0 Å². The number of Topliss-reactive ketones (excluding diaryl/α,β-unsaturated/α-hetero) is 2. The minimum Gasteiger partial charge on any atom is -0.355 e. The van der Waals surface area contributed by atoms with Crippen LogP contribution in [0.5, 0.6) is 0 Å². The molecule has 1 aromatic rings. The second-order valence-corrected chi connectivity index (χ2v) is 9.04. The third-order valence-electron chi connectivity index (χ3n) is 6.64. The third-order valence-corrected chi connectivity index (χ3v) is 6.64. The highest BCUT2D eigenvalue weighted by molar-refractivity contribution is 6.04. The molecule has 0 bridgehead atoms. The van der Waals surface area contributed by atoms with E-state index in [1.54, 1.807) is 6.92 Å². The van der Waals surface area contributed by atoms with E-state index in [9.17, 15) is 9.59 Å². The van der Waals surface area contributed by atoms with Crippen molar-refractivity contribution in [3.63, 3.8) is 0 Å². The molecule has 0 radical (unpaired) electrons. The number of hydrogen-bond donors (Lipinski definition) is 1. The molecule has 1 atom stereocenters. The normalized spacial score (nSPS) is 22.5. The van der Waals surface area contributed by atoms with Gasteiger partial charge in [0.15, 0.2) is 11.6 Å². The highest BCUT2D eigenvalue weighted by atomic mass is 16.1. The summed E-state index contributed by atoms with van der Waals surface area (Å²) in [5, 5.41) is 0. The van der Waals surface area contributed by atoms with Crippen LogP contribution in [0, 0.1) is 18.8 Å². The summed E-state index contributed by atoms with van der Waals surface area (Å²) in [5.41, 5.74) is 3.08. The van der Waals surface area contributed by atoms with Gasteiger partial charge in [0.25, 0.3) is 0 Å². The third kappa shape index (κ3) is 4.93. The molecule has 1 N–H and O–H groups in total. The number of nitrogens with zero attached hydrogens (tertiary/aromatic N) is 2. The molecule has 0 spiro atoms. The summed E-state index contributed by atoms with van der Waals surface area (Å²) >= 11 is 0. The number of aromatic amines is 1. The van der Waals surface area contributed by atoms with E-state index in [0.717, 1.165) is 30.3 Å². The molecule has 2 saturated heterocycles. The molecular formula is C23H37N3O2. The molecule has 0 aromatic carbocycles. The van der Waals surface area contributed by atoms with E-state index in [-0.39, 0.29) is 11.6 Å². The maximum atomic E-state index is 13.0. The number of likely N-dealkylation sites (tertiary alicyclic amines) is 2. The second kappa shape index (κ2) is 9.36. The number of carbonyl (C=O) groups is 2. The molecule has 5 heteroatoms. The molecule has 5 nitrogen and oxygen atoms in total. The van der Waals surface area contributed by atoms with Crippen molar-refractivity contribution >= 4 is 11.6 Å². The lowest BCUT2D eigenvalue weighted by atomic mass is 9.94. The van der Waals surface area contributed by atoms with E-state index in [1.165, 1.54) is 45.3 Å². The van der Waals surface area contributed by atoms with Crippen molar-refractivity contribution in [3.8, 4) is 0 Å². The minimum absolute atomic E-state index is 0.0403. The Hall–Kier alpha value is -1.46. The zero-order chi connectivity index (χ0) is 20.3. The van der Waals surface area contributed by atoms with Crippen LogP contribution >= 0.6 is 0 Å². The summed E-state index contributed by atoms with van der Waals surface area (Å²) in [7, 11) is 0. The molecule has 1 aromatic heterocycles. The van der Waals surface area contributed by atoms with Crippen molar-refractivity contribution < 1.29 is 9.59 Å². The molecule has 0 amide bonds. The van der Waals surface area contributed by atoms with Gasteiger partial charge in [0, 0.05) is 24.3 Å². The standard InChI is InChI=1S/C23H37N3O2/c1-5-20-22(18(4)27)17(3)24-23(20)21(28)15-26-10-6-7-19(14-26)13-25-11-8-16(2)9-12-25/h16,19,24H,5-15H2,1-4H3. The van der Waals surface area contributed by atoms with Crippen LogP contribution in [0.25, 0.3) is 0 Å². The van der Waals surface area contributed by atoms with Crippen molar-refractivity contribution in [1.82, 2.24) is 14.8 Å². The summed E-state index contributed by atoms with van der Waals surface area (Å²) in [4.78, 5) is 33.2. The van der Waals surface area contributed by atoms with Crippen LogP contribution in [-0.2, 0) is 6.42 Å². The van der Waals surface area contributed by atoms with Gasteiger partial charge in [0.05, 0.1) is 12.2 Å². The smallest absolute Gasteiger partial charge is 0.193 e. The Kier molecular flexibility index (Phi) is 7.10. The van der Waals surface area contributed by atoms with Crippen molar-refractivity contribution in [2.24, 2.45) is 11.8 Å². The maximum Gasteiger partial charge on any atom is 0.193 e. The zero-order valence-corrected chi connectivity index (χ0v) is 18.1. The van der Waals surface area contributed by atoms with E-state index < -0.39 is 0 Å². The van der Waals surface area contributed by atoms with Crippen LogP contribution in [0.3, 0.4) is 0 Å². The Bertz CT molecular complexity index is 701. The molecule has 3 heterocycles. The minimum atomic E-state index is 0.0403. The lowest BCUT2D eigenvalue weighted by Crippen LogP contribution is -2.44. The fourth-order valence-corrected chi connectivity index (χ4v) is 5.08. The maximum absolute atomic E-state index is 13.0. The molecule has 156 valence electrons. The molecule has 0 saturated carbocycles. The van der Waals surface area contributed by atoms with Crippen molar-refractivity contribution in [1.29, 1.82) is 0 Å². The van der Waals surface area contributed by atoms with Gasteiger partial charge in [-0.1, -0.05) is 13.8 Å². The molecule has 2 fully saturated rings. The molecule has 2 aliphatic rings. The lowest BCUT2D eigenvalue weighted by molar-refractivity contribution is 0.0827. The largest absolute Gasteiger partial charge is 0.355 e. The average molecular weight is 388 g/mol. The summed E-state index contributed by atoms with van der Waals surface area (Å²) in [6, 6.07) is 0. The summed E-state index contributed by atoms with van der Waals surface area (Å²) in [6.07, 6.45) is 5.79. The Labute approximate surface area is 169 Å². The van der Waals surface area contributed by atoms with Gasteiger partial charge in [-0.15, -0.1) is 0 Å². The van der Waals surface area contributed by atoms with Crippen molar-refractivity contribution in [2.75, 3.05) is 39.3 Å². The van der Waals surface area contributed by atoms with E-state index >= 15 is 0 Å². The first-order valence-electron chi connectivity index (χ1n) is 11.1. The van der Waals surface area contributed by atoms with Crippen molar-refractivity contribution in [3.05, 3.63) is 22.5 Å². The first-order valence-corrected chi connectivity index (χ1v) is 11.1. The van der Waals surface area contributed by atoms with Gasteiger partial charge in [0.2, 0.25) is 0 Å². The molecular weight excluding hydrogens is 350 g/mol. The van der Waals surface area contributed by atoms with E-state index in [0.29, 0.717) is 30.1 Å². The van der Waals surface area contributed by atoms with Gasteiger partial charge < -0.3 is 9.88 Å². The van der Waals surface area contributed by atoms with Crippen LogP contribution in [0.1, 0.15) is 78.6 Å². The second-order valence-electron chi connectivity index (χ2n) is 9.04. The summed E-state index contributed by atoms with van der Waals surface area (Å²) in [5.74, 6) is 1.70. The number of hydrogen-bond acceptors (Lipinski definition) is 4. The first-order chi connectivity index (χ1) is 13.4. The van der Waals surface area contributed by atoms with Crippen LogP contribution in [0.4, 0.5) is 0 Å². The van der Waals surface area contributed by atoms with E-state index in [2.05, 4.69) is 21.7 Å². The quantitative estimate of drug-likeness (QED) is 0.725. The van der Waals surface area contributed by atoms with Gasteiger partial charge in [-0.3, -0.25) is 14.5 Å². The summed E-state index contributed by atoms with van der Waals surface area (Å²) < 4.78 is 0. The monoisotopic (exact) mass is 387 g/mol. The van der Waals surface area contributed by atoms with Crippen molar-refractivity contribution in [2.45, 2.75) is 59.8 Å². The average Bonchev–Trinajstić information content (AvgIpc) is 3.00. The van der Waals surface area contributed by atoms with Crippen LogP contribution < -0.4 is 0 Å². The topological polar surface area (TPSA) is 56.4 Å². The Morgan fingerprint density at radius 3 is 2.46 bits per heavy atom.